The molecule has 2 N–H and O–H groups in total. The van der Waals surface area contributed by atoms with Gasteiger partial charge < -0.3 is 24.8 Å². The molecule has 1 aliphatic heterocycles. The molecule has 4 rings (SSSR count). The van der Waals surface area contributed by atoms with Crippen molar-refractivity contribution in [1.29, 1.82) is 0 Å². The van der Waals surface area contributed by atoms with E-state index < -0.39 is 18.0 Å². The van der Waals surface area contributed by atoms with E-state index in [4.69, 9.17) is 9.47 Å². The molecule has 2 aliphatic rings. The summed E-state index contributed by atoms with van der Waals surface area (Å²) in [7, 11) is 1.45. The predicted octanol–water partition coefficient (Wildman–Crippen LogP) is 6.11. The van der Waals surface area contributed by atoms with Crippen molar-refractivity contribution in [2.75, 3.05) is 13.7 Å². The Morgan fingerprint density at radius 3 is 2.60 bits per heavy atom. The fraction of sp³-hybridized carbons (Fsp3) is 0.545. The van der Waals surface area contributed by atoms with Crippen LogP contribution < -0.4 is 10.1 Å². The summed E-state index contributed by atoms with van der Waals surface area (Å²) >= 11 is 1.37. The van der Waals surface area contributed by atoms with E-state index in [0.717, 1.165) is 19.3 Å². The van der Waals surface area contributed by atoms with Gasteiger partial charge in [-0.3, -0.25) is 9.59 Å². The number of benzene rings is 1. The maximum absolute atomic E-state index is 13.9. The third-order valence-corrected chi connectivity index (χ3v) is 10.6. The molecule has 8 nitrogen and oxygen atoms in total. The molecule has 0 spiro atoms. The van der Waals surface area contributed by atoms with Gasteiger partial charge in [0.05, 0.1) is 13.2 Å². The first-order valence-electron chi connectivity index (χ1n) is 14.7. The molecule has 1 aliphatic carbocycles. The van der Waals surface area contributed by atoms with E-state index in [1.165, 1.54) is 30.6 Å². The molecule has 42 heavy (non-hydrogen) atoms. The van der Waals surface area contributed by atoms with E-state index in [9.17, 15) is 19.5 Å². The number of phenolic OH excluding ortho intramolecular Hbond substituents is 1. The molecule has 4 unspecified atom stereocenters. The number of ether oxygens (including phenoxy) is 2. The number of thiophene rings is 1. The Bertz CT molecular complexity index is 1300. The summed E-state index contributed by atoms with van der Waals surface area (Å²) in [6.45, 7) is 11.6. The topological polar surface area (TPSA) is 105 Å². The predicted molar refractivity (Wildman–Crippen MR) is 164 cm³/mol. The maximum Gasteiger partial charge on any atom is 0.329 e. The summed E-state index contributed by atoms with van der Waals surface area (Å²) < 4.78 is 11.1. The van der Waals surface area contributed by atoms with Gasteiger partial charge in [0, 0.05) is 17.5 Å². The second kappa shape index (κ2) is 12.9. The van der Waals surface area contributed by atoms with Gasteiger partial charge in [-0.2, -0.15) is 0 Å². The summed E-state index contributed by atoms with van der Waals surface area (Å²) in [6.07, 6.45) is 6.97. The molecule has 2 aromatic rings. The highest BCUT2D eigenvalue weighted by Gasteiger charge is 2.49. The largest absolute Gasteiger partial charge is 0.504 e. The summed E-state index contributed by atoms with van der Waals surface area (Å²) in [5.41, 5.74) is 1.04. The van der Waals surface area contributed by atoms with Crippen molar-refractivity contribution in [3.8, 4) is 11.5 Å². The number of aromatic hydroxyl groups is 1. The molecule has 2 fully saturated rings. The number of carbonyl (C=O) groups excluding carboxylic acids is 3. The van der Waals surface area contributed by atoms with Gasteiger partial charge in [0.25, 0.3) is 5.91 Å². The fourth-order valence-electron chi connectivity index (χ4n) is 6.22. The second-order valence-electron chi connectivity index (χ2n) is 12.7. The number of amides is 2. The Balaban J connectivity index is 1.42. The smallest absolute Gasteiger partial charge is 0.329 e. The highest BCUT2D eigenvalue weighted by Crippen LogP contribution is 2.57. The van der Waals surface area contributed by atoms with E-state index in [-0.39, 0.29) is 34.6 Å². The third-order valence-electron chi connectivity index (χ3n) is 9.62. The van der Waals surface area contributed by atoms with E-state index >= 15 is 0 Å². The maximum atomic E-state index is 13.9. The molecule has 1 saturated heterocycles. The van der Waals surface area contributed by atoms with Gasteiger partial charge in [-0.15, -0.1) is 11.3 Å². The Morgan fingerprint density at radius 2 is 1.95 bits per heavy atom. The first-order valence-corrected chi connectivity index (χ1v) is 15.6. The number of carbonyl (C=O) groups is 3. The van der Waals surface area contributed by atoms with Crippen LogP contribution in [0.1, 0.15) is 83.2 Å². The summed E-state index contributed by atoms with van der Waals surface area (Å²) in [5, 5.41) is 14.5. The molecule has 228 valence electrons. The molecule has 2 amide bonds. The Labute approximate surface area is 253 Å². The Morgan fingerprint density at radius 1 is 1.19 bits per heavy atom. The molecule has 1 aromatic carbocycles. The van der Waals surface area contributed by atoms with Crippen molar-refractivity contribution in [3.05, 3.63) is 52.2 Å². The SMILES string of the molecule is COc1cc(/C=C/C(=O)NC(C(=O)N2CCCC2C(=O)OC(C)CC2CCC(C)(C)C2(C)C)c2cccs2)ccc1O. The van der Waals surface area contributed by atoms with E-state index in [0.29, 0.717) is 41.5 Å². The lowest BCUT2D eigenvalue weighted by atomic mass is 9.66. The van der Waals surface area contributed by atoms with Crippen LogP contribution in [-0.2, 0) is 19.1 Å². The van der Waals surface area contributed by atoms with Gasteiger partial charge >= 0.3 is 5.97 Å². The van der Waals surface area contributed by atoms with E-state index in [2.05, 4.69) is 33.0 Å². The van der Waals surface area contributed by atoms with E-state index in [1.54, 1.807) is 29.2 Å². The van der Waals surface area contributed by atoms with Crippen molar-refractivity contribution in [1.82, 2.24) is 10.2 Å². The minimum atomic E-state index is -0.927. The standard InChI is InChI=1S/C33H44N2O6S/c1-21(19-23-15-16-32(2,3)33(23,4)5)41-31(39)24-9-7-17-35(24)30(38)29(27-10-8-18-42-27)34-28(37)14-12-22-11-13-25(36)26(20-22)40-6/h8,10-14,18,20-21,23-24,29,36H,7,9,15-17,19H2,1-6H3,(H,34,37)/b14-12+. The number of likely N-dealkylation sites (tertiary alicyclic amines) is 1. The number of nitrogens with zero attached hydrogens (tertiary/aromatic N) is 1. The summed E-state index contributed by atoms with van der Waals surface area (Å²) in [6, 6.07) is 6.77. The van der Waals surface area contributed by atoms with Gasteiger partial charge in [-0.1, -0.05) is 39.8 Å². The lowest BCUT2D eigenvalue weighted by molar-refractivity contribution is -0.159. The molecule has 0 bridgehead atoms. The molecule has 2 heterocycles. The molecule has 0 radical (unpaired) electrons. The number of phenols is 1. The van der Waals surface area contributed by atoms with E-state index in [1.807, 2.05) is 18.4 Å². The van der Waals surface area contributed by atoms with Gasteiger partial charge in [0.2, 0.25) is 5.91 Å². The van der Waals surface area contributed by atoms with Crippen LogP contribution in [0.5, 0.6) is 11.5 Å². The third kappa shape index (κ3) is 6.83. The van der Waals surface area contributed by atoms with Crippen molar-refractivity contribution in [2.24, 2.45) is 16.7 Å². The quantitative estimate of drug-likeness (QED) is 0.253. The summed E-state index contributed by atoms with van der Waals surface area (Å²) in [4.78, 5) is 42.4. The highest BCUT2D eigenvalue weighted by atomic mass is 32.1. The summed E-state index contributed by atoms with van der Waals surface area (Å²) in [5.74, 6) is -0.395. The van der Waals surface area contributed by atoms with Gasteiger partial charge in [-0.05, 0) is 91.0 Å². The van der Waals surface area contributed by atoms with Crippen LogP contribution in [0.15, 0.2) is 41.8 Å². The first kappa shape index (κ1) is 31.6. The molecular formula is C33H44N2O6S. The number of esters is 1. The zero-order valence-corrected chi connectivity index (χ0v) is 26.3. The number of methoxy groups -OCH3 is 1. The van der Waals surface area contributed by atoms with Crippen LogP contribution in [0.25, 0.3) is 6.08 Å². The van der Waals surface area contributed by atoms with Gasteiger partial charge in [0.15, 0.2) is 11.5 Å². The van der Waals surface area contributed by atoms with Crippen LogP contribution in [0.2, 0.25) is 0 Å². The number of nitrogens with one attached hydrogen (secondary N) is 1. The zero-order chi connectivity index (χ0) is 30.7. The van der Waals surface area contributed by atoms with Crippen molar-refractivity contribution in [3.63, 3.8) is 0 Å². The molecule has 4 atom stereocenters. The number of rotatable bonds is 10. The molecule has 9 heteroatoms. The Kier molecular flexibility index (Phi) is 9.70. The fourth-order valence-corrected chi connectivity index (χ4v) is 6.99. The second-order valence-corrected chi connectivity index (χ2v) is 13.7. The number of hydrogen-bond donors (Lipinski definition) is 2. The zero-order valence-electron chi connectivity index (χ0n) is 25.5. The minimum absolute atomic E-state index is 0.00173. The van der Waals surface area contributed by atoms with Crippen molar-refractivity contribution >= 4 is 35.2 Å². The lowest BCUT2D eigenvalue weighted by Crippen LogP contribution is -2.48. The van der Waals surface area contributed by atoms with Crippen molar-refractivity contribution < 1.29 is 29.0 Å². The average Bonchev–Trinajstić information content (AvgIpc) is 3.69. The molecule has 1 saturated carbocycles. The average molecular weight is 597 g/mol. The Hall–Kier alpha value is -3.33. The van der Waals surface area contributed by atoms with Crippen LogP contribution in [0.4, 0.5) is 0 Å². The number of hydrogen-bond acceptors (Lipinski definition) is 7. The normalized spacial score (nSPS) is 22.6. The van der Waals surface area contributed by atoms with Gasteiger partial charge in [-0.25, -0.2) is 4.79 Å². The van der Waals surface area contributed by atoms with Crippen LogP contribution in [0, 0.1) is 16.7 Å². The van der Waals surface area contributed by atoms with Crippen LogP contribution >= 0.6 is 11.3 Å². The van der Waals surface area contributed by atoms with Gasteiger partial charge in [0.1, 0.15) is 12.1 Å². The minimum Gasteiger partial charge on any atom is -0.504 e. The monoisotopic (exact) mass is 596 g/mol. The lowest BCUT2D eigenvalue weighted by Gasteiger charge is -2.40. The van der Waals surface area contributed by atoms with Crippen LogP contribution in [0.3, 0.4) is 0 Å². The first-order chi connectivity index (χ1) is 19.8. The molecule has 1 aromatic heterocycles. The van der Waals surface area contributed by atoms with Crippen molar-refractivity contribution in [2.45, 2.75) is 84.9 Å². The van der Waals surface area contributed by atoms with Crippen LogP contribution in [-0.4, -0.2) is 53.6 Å². The molecular weight excluding hydrogens is 552 g/mol. The highest BCUT2D eigenvalue weighted by molar-refractivity contribution is 7.10.